The number of likely N-dealkylation sites (N-methyl/N-ethyl adjacent to an activating group) is 1. The van der Waals surface area contributed by atoms with Gasteiger partial charge in [0.15, 0.2) is 0 Å². The van der Waals surface area contributed by atoms with Gasteiger partial charge < -0.3 is 4.90 Å². The van der Waals surface area contributed by atoms with Crippen LogP contribution in [0.5, 0.6) is 0 Å². The Morgan fingerprint density at radius 3 is 2.44 bits per heavy atom. The maximum atomic E-state index is 4.59. The molecule has 0 saturated heterocycles. The second kappa shape index (κ2) is 6.63. The van der Waals surface area contributed by atoms with Gasteiger partial charge in [-0.3, -0.25) is 0 Å². The quantitative estimate of drug-likeness (QED) is 0.767. The molecule has 2 heteroatoms. The van der Waals surface area contributed by atoms with Crippen LogP contribution in [0.4, 0.5) is 0 Å². The first-order valence-corrected chi connectivity index (χ1v) is 7.71. The predicted molar refractivity (Wildman–Crippen MR) is 82.4 cm³/mol. The first-order valence-electron chi connectivity index (χ1n) is 7.07. The highest BCUT2D eigenvalue weighted by atomic mass is 32.1. The van der Waals surface area contributed by atoms with Crippen LogP contribution in [-0.4, -0.2) is 30.8 Å². The molecule has 1 fully saturated rings. The molecule has 100 valence electrons. The molecule has 1 nitrogen and oxygen atoms in total. The van der Waals surface area contributed by atoms with Crippen molar-refractivity contribution in [1.82, 2.24) is 4.90 Å². The van der Waals surface area contributed by atoms with Crippen molar-refractivity contribution in [2.45, 2.75) is 32.1 Å². The molecule has 1 aliphatic carbocycles. The summed E-state index contributed by atoms with van der Waals surface area (Å²) in [6, 6.07) is 10.8. The van der Waals surface area contributed by atoms with Gasteiger partial charge in [-0.15, -0.1) is 0 Å². The molecule has 0 N–H and O–H groups in total. The lowest BCUT2D eigenvalue weighted by Crippen LogP contribution is -2.36. The maximum Gasteiger partial charge on any atom is 0.00429 e. The Balaban J connectivity index is 1.79. The summed E-state index contributed by atoms with van der Waals surface area (Å²) in [6.07, 6.45) is 6.68. The molecule has 18 heavy (non-hydrogen) atoms. The van der Waals surface area contributed by atoms with E-state index in [1.807, 2.05) is 0 Å². The molecular weight excluding hydrogens is 238 g/mol. The Morgan fingerprint density at radius 1 is 1.17 bits per heavy atom. The number of hydrogen-bond acceptors (Lipinski definition) is 2. The fourth-order valence-electron chi connectivity index (χ4n) is 3.11. The third-order valence-electron chi connectivity index (χ3n) is 4.23. The minimum Gasteiger partial charge on any atom is -0.305 e. The number of nitrogens with zero attached hydrogens (tertiary/aromatic N) is 1. The Bertz CT molecular complexity index is 343. The van der Waals surface area contributed by atoms with Crippen LogP contribution in [0.25, 0.3) is 0 Å². The summed E-state index contributed by atoms with van der Waals surface area (Å²) in [7, 11) is 2.26. The fourth-order valence-corrected chi connectivity index (χ4v) is 3.52. The average Bonchev–Trinajstić information content (AvgIpc) is 2.87. The van der Waals surface area contributed by atoms with E-state index in [-0.39, 0.29) is 0 Å². The lowest BCUT2D eigenvalue weighted by atomic mass is 9.88. The minimum atomic E-state index is 0.495. The predicted octanol–water partition coefficient (Wildman–Crippen LogP) is 3.65. The van der Waals surface area contributed by atoms with Gasteiger partial charge in [-0.2, -0.15) is 12.6 Å². The molecule has 0 bridgehead atoms. The number of hydrogen-bond donors (Lipinski definition) is 1. The smallest absolute Gasteiger partial charge is 0.00429 e. The first-order chi connectivity index (χ1) is 8.74. The zero-order valence-electron chi connectivity index (χ0n) is 11.4. The minimum absolute atomic E-state index is 0.495. The van der Waals surface area contributed by atoms with Gasteiger partial charge in [0.2, 0.25) is 0 Å². The summed E-state index contributed by atoms with van der Waals surface area (Å²) in [5.74, 6) is 1.04. The largest absolute Gasteiger partial charge is 0.305 e. The van der Waals surface area contributed by atoms with Crippen LogP contribution in [0, 0.1) is 5.41 Å². The average molecular weight is 263 g/mol. The zero-order chi connectivity index (χ0) is 12.8. The van der Waals surface area contributed by atoms with E-state index >= 15 is 0 Å². The molecular formula is C16H25NS. The lowest BCUT2D eigenvalue weighted by Gasteiger charge is -2.32. The van der Waals surface area contributed by atoms with Crippen molar-refractivity contribution in [3.63, 3.8) is 0 Å². The Morgan fingerprint density at radius 2 is 1.83 bits per heavy atom. The Hall–Kier alpha value is -0.470. The molecule has 0 amide bonds. The Kier molecular flexibility index (Phi) is 5.13. The van der Waals surface area contributed by atoms with Gasteiger partial charge in [0.25, 0.3) is 0 Å². The van der Waals surface area contributed by atoms with E-state index in [1.165, 1.54) is 37.8 Å². The molecule has 0 spiro atoms. The van der Waals surface area contributed by atoms with Crippen LogP contribution in [0.3, 0.4) is 0 Å². The van der Waals surface area contributed by atoms with Gasteiger partial charge in [-0.05, 0) is 43.0 Å². The third kappa shape index (κ3) is 3.76. The van der Waals surface area contributed by atoms with E-state index in [2.05, 4.69) is 54.9 Å². The van der Waals surface area contributed by atoms with Gasteiger partial charge in [0.05, 0.1) is 0 Å². The molecule has 0 unspecified atom stereocenters. The fraction of sp³-hybridized carbons (Fsp3) is 0.625. The van der Waals surface area contributed by atoms with E-state index in [0.29, 0.717) is 5.41 Å². The summed E-state index contributed by atoms with van der Waals surface area (Å²) in [4.78, 5) is 2.49. The summed E-state index contributed by atoms with van der Waals surface area (Å²) in [6.45, 7) is 2.36. The van der Waals surface area contributed by atoms with Crippen LogP contribution < -0.4 is 0 Å². The van der Waals surface area contributed by atoms with Crippen LogP contribution in [0.2, 0.25) is 0 Å². The molecule has 2 rings (SSSR count). The van der Waals surface area contributed by atoms with Gasteiger partial charge in [-0.1, -0.05) is 43.2 Å². The van der Waals surface area contributed by atoms with Crippen molar-refractivity contribution >= 4 is 12.6 Å². The topological polar surface area (TPSA) is 3.24 Å². The molecule has 0 heterocycles. The Labute approximate surface area is 117 Å². The maximum absolute atomic E-state index is 4.59. The summed E-state index contributed by atoms with van der Waals surface area (Å²) < 4.78 is 0. The second-order valence-electron chi connectivity index (χ2n) is 5.84. The molecule has 1 aliphatic rings. The monoisotopic (exact) mass is 263 g/mol. The first kappa shape index (κ1) is 14.0. The molecule has 1 saturated carbocycles. The standard InChI is InChI=1S/C16H25NS/c1-17(12-9-15-7-3-2-4-8-15)13-16(14-18)10-5-6-11-16/h2-4,7-8,18H,5-6,9-14H2,1H3. The normalized spacial score (nSPS) is 18.4. The number of thiol groups is 1. The highest BCUT2D eigenvalue weighted by Gasteiger charge is 2.33. The lowest BCUT2D eigenvalue weighted by molar-refractivity contribution is 0.203. The van der Waals surface area contributed by atoms with Crippen molar-refractivity contribution in [2.24, 2.45) is 5.41 Å². The van der Waals surface area contributed by atoms with Crippen LogP contribution in [0.15, 0.2) is 30.3 Å². The van der Waals surface area contributed by atoms with Crippen molar-refractivity contribution in [2.75, 3.05) is 25.9 Å². The van der Waals surface area contributed by atoms with Gasteiger partial charge in [0, 0.05) is 13.1 Å². The van der Waals surface area contributed by atoms with Crippen LogP contribution in [-0.2, 0) is 6.42 Å². The number of rotatable bonds is 6. The highest BCUT2D eigenvalue weighted by molar-refractivity contribution is 7.80. The van der Waals surface area contributed by atoms with Crippen molar-refractivity contribution < 1.29 is 0 Å². The number of benzene rings is 1. The van der Waals surface area contributed by atoms with E-state index in [9.17, 15) is 0 Å². The van der Waals surface area contributed by atoms with E-state index in [1.54, 1.807) is 0 Å². The summed E-state index contributed by atoms with van der Waals surface area (Å²) in [5, 5.41) is 0. The van der Waals surface area contributed by atoms with Crippen LogP contribution >= 0.6 is 12.6 Å². The van der Waals surface area contributed by atoms with Gasteiger partial charge in [-0.25, -0.2) is 0 Å². The van der Waals surface area contributed by atoms with Crippen LogP contribution in [0.1, 0.15) is 31.2 Å². The second-order valence-corrected chi connectivity index (χ2v) is 6.15. The van der Waals surface area contributed by atoms with Gasteiger partial charge >= 0.3 is 0 Å². The summed E-state index contributed by atoms with van der Waals surface area (Å²) in [5.41, 5.74) is 1.94. The molecule has 0 radical (unpaired) electrons. The van der Waals surface area contributed by atoms with Crippen molar-refractivity contribution in [3.05, 3.63) is 35.9 Å². The SMILES string of the molecule is CN(CCc1ccccc1)CC1(CS)CCCC1. The van der Waals surface area contributed by atoms with E-state index in [0.717, 1.165) is 18.7 Å². The molecule has 0 atom stereocenters. The third-order valence-corrected chi connectivity index (χ3v) is 4.90. The van der Waals surface area contributed by atoms with Crippen molar-refractivity contribution in [1.29, 1.82) is 0 Å². The molecule has 0 aliphatic heterocycles. The highest BCUT2D eigenvalue weighted by Crippen LogP contribution is 2.39. The molecule has 0 aromatic heterocycles. The van der Waals surface area contributed by atoms with E-state index < -0.39 is 0 Å². The van der Waals surface area contributed by atoms with E-state index in [4.69, 9.17) is 0 Å². The zero-order valence-corrected chi connectivity index (χ0v) is 12.3. The summed E-state index contributed by atoms with van der Waals surface area (Å²) >= 11 is 4.59. The molecule has 1 aromatic carbocycles. The van der Waals surface area contributed by atoms with Crippen molar-refractivity contribution in [3.8, 4) is 0 Å². The van der Waals surface area contributed by atoms with Gasteiger partial charge in [0.1, 0.15) is 0 Å². The molecule has 1 aromatic rings.